The van der Waals surface area contributed by atoms with Gasteiger partial charge in [0.2, 0.25) is 14.9 Å². The Balaban J connectivity index is 3.24. The fraction of sp³-hybridized carbons (Fsp3) is 0.667. The van der Waals surface area contributed by atoms with Gasteiger partial charge in [-0.15, -0.1) is 0 Å². The molecule has 0 atom stereocenters. The van der Waals surface area contributed by atoms with Crippen LogP contribution in [0.5, 0.6) is 0 Å². The Morgan fingerprint density at radius 2 is 2.08 bits per heavy atom. The predicted molar refractivity (Wildman–Crippen MR) is 42.9 cm³/mol. The van der Waals surface area contributed by atoms with E-state index in [4.69, 9.17) is 5.11 Å². The second-order valence-corrected chi connectivity index (χ2v) is 5.69. The molecular weight excluding hydrogens is 182 g/mol. The minimum Gasteiger partial charge on any atom is -0.476 e. The summed E-state index contributed by atoms with van der Waals surface area (Å²) < 4.78 is 21.6. The van der Waals surface area contributed by atoms with Crippen LogP contribution in [0.4, 0.5) is 0 Å². The quantitative estimate of drug-likeness (QED) is 0.615. The molecule has 0 aromatic heterocycles. The number of carboxylic acid groups (broad SMARTS) is 1. The Morgan fingerprint density at radius 3 is 2.25 bits per heavy atom. The van der Waals surface area contributed by atoms with Gasteiger partial charge in [-0.2, -0.15) is 0 Å². The van der Waals surface area contributed by atoms with Crippen LogP contribution in [0.1, 0.15) is 13.8 Å². The van der Waals surface area contributed by atoms with Gasteiger partial charge in [0.15, 0.2) is 0 Å². The lowest BCUT2D eigenvalue weighted by molar-refractivity contribution is -0.129. The molecule has 6 heteroatoms. The Bertz CT molecular complexity index is 352. The van der Waals surface area contributed by atoms with Gasteiger partial charge in [0.1, 0.15) is 0 Å². The molecule has 0 spiro atoms. The van der Waals surface area contributed by atoms with Crippen molar-refractivity contribution in [2.75, 3.05) is 6.54 Å². The first-order chi connectivity index (χ1) is 5.29. The number of carboxylic acids is 1. The molecule has 1 heterocycles. The van der Waals surface area contributed by atoms with Gasteiger partial charge in [-0.05, 0) is 13.8 Å². The van der Waals surface area contributed by atoms with Crippen molar-refractivity contribution in [1.29, 1.82) is 0 Å². The summed E-state index contributed by atoms with van der Waals surface area (Å²) in [5.74, 6) is -1.47. The van der Waals surface area contributed by atoms with Crippen molar-refractivity contribution in [3.05, 3.63) is 0 Å². The van der Waals surface area contributed by atoms with Gasteiger partial charge in [-0.25, -0.2) is 13.2 Å². The van der Waals surface area contributed by atoms with Crippen molar-refractivity contribution in [3.8, 4) is 0 Å². The van der Waals surface area contributed by atoms with Crippen molar-refractivity contribution in [2.24, 2.45) is 4.99 Å². The molecule has 12 heavy (non-hydrogen) atoms. The third-order valence-electron chi connectivity index (χ3n) is 1.77. The average Bonchev–Trinajstić information content (AvgIpc) is 2.03. The molecule has 1 aliphatic rings. The third-order valence-corrected chi connectivity index (χ3v) is 4.17. The van der Waals surface area contributed by atoms with Gasteiger partial charge < -0.3 is 5.11 Å². The standard InChI is InChI=1S/C6H9NO4S/c1-6(2)3-7-4(5(8)9)12(6,10)11/h3H2,1-2H3,(H,8,9). The Hall–Kier alpha value is -0.910. The molecule has 5 nitrogen and oxygen atoms in total. The molecule has 1 N–H and O–H groups in total. The van der Waals surface area contributed by atoms with Crippen LogP contribution in [-0.2, 0) is 14.6 Å². The Morgan fingerprint density at radius 1 is 1.58 bits per heavy atom. The number of hydrogen-bond acceptors (Lipinski definition) is 4. The summed E-state index contributed by atoms with van der Waals surface area (Å²) in [5.41, 5.74) is 0. The summed E-state index contributed by atoms with van der Waals surface area (Å²) >= 11 is 0. The SMILES string of the molecule is CC1(C)CN=C(C(=O)O)S1(=O)=O. The largest absolute Gasteiger partial charge is 0.476 e. The highest BCUT2D eigenvalue weighted by molar-refractivity contribution is 8.09. The minimum atomic E-state index is -3.71. The number of hydrogen-bond donors (Lipinski definition) is 1. The van der Waals surface area contributed by atoms with E-state index in [1.165, 1.54) is 13.8 Å². The number of nitrogens with zero attached hydrogens (tertiary/aromatic N) is 1. The maximum Gasteiger partial charge on any atom is 0.366 e. The van der Waals surface area contributed by atoms with Crippen LogP contribution in [0.15, 0.2) is 4.99 Å². The van der Waals surface area contributed by atoms with Crippen molar-refractivity contribution >= 4 is 20.9 Å². The molecule has 0 saturated carbocycles. The minimum absolute atomic E-state index is 0.0248. The third kappa shape index (κ3) is 1.03. The molecular formula is C6H9NO4S. The number of sulfone groups is 1. The lowest BCUT2D eigenvalue weighted by atomic mass is 10.2. The number of carbonyl (C=O) groups is 1. The summed E-state index contributed by atoms with van der Waals surface area (Å²) in [5, 5.41) is 7.76. The first-order valence-electron chi connectivity index (χ1n) is 3.31. The maximum atomic E-state index is 11.3. The van der Waals surface area contributed by atoms with Gasteiger partial charge in [0.25, 0.3) is 0 Å². The average molecular weight is 191 g/mol. The van der Waals surface area contributed by atoms with E-state index < -0.39 is 25.6 Å². The van der Waals surface area contributed by atoms with E-state index in [-0.39, 0.29) is 6.54 Å². The van der Waals surface area contributed by atoms with Crippen molar-refractivity contribution in [1.82, 2.24) is 0 Å². The molecule has 68 valence electrons. The van der Waals surface area contributed by atoms with Crippen LogP contribution in [-0.4, -0.2) is 35.8 Å². The molecule has 1 rings (SSSR count). The second kappa shape index (κ2) is 2.29. The highest BCUT2D eigenvalue weighted by Gasteiger charge is 2.46. The zero-order valence-electron chi connectivity index (χ0n) is 6.73. The van der Waals surface area contributed by atoms with E-state index in [9.17, 15) is 13.2 Å². The zero-order chi connectivity index (χ0) is 9.57. The Labute approximate surface area is 70.0 Å². The normalized spacial score (nSPS) is 25.0. The molecule has 0 radical (unpaired) electrons. The van der Waals surface area contributed by atoms with E-state index in [1.807, 2.05) is 0 Å². The summed E-state index contributed by atoms with van der Waals surface area (Å²) in [6.07, 6.45) is 0. The lowest BCUT2D eigenvalue weighted by Gasteiger charge is -2.13. The molecule has 0 bridgehead atoms. The second-order valence-electron chi connectivity index (χ2n) is 3.19. The fourth-order valence-corrected chi connectivity index (χ4v) is 2.10. The fourth-order valence-electron chi connectivity index (χ4n) is 0.876. The van der Waals surface area contributed by atoms with E-state index >= 15 is 0 Å². The molecule has 0 aromatic carbocycles. The zero-order valence-corrected chi connectivity index (χ0v) is 7.55. The number of rotatable bonds is 1. The van der Waals surface area contributed by atoms with Crippen LogP contribution < -0.4 is 0 Å². The summed E-state index contributed by atoms with van der Waals surface area (Å²) in [6.45, 7) is 2.94. The highest BCUT2D eigenvalue weighted by atomic mass is 32.2. The van der Waals surface area contributed by atoms with Gasteiger partial charge >= 0.3 is 5.97 Å². The van der Waals surface area contributed by atoms with E-state index in [0.717, 1.165) is 0 Å². The molecule has 0 fully saturated rings. The smallest absolute Gasteiger partial charge is 0.366 e. The number of aliphatic carboxylic acids is 1. The van der Waals surface area contributed by atoms with Gasteiger partial charge in [0, 0.05) is 0 Å². The van der Waals surface area contributed by atoms with Gasteiger partial charge in [-0.3, -0.25) is 4.99 Å². The van der Waals surface area contributed by atoms with Crippen LogP contribution >= 0.6 is 0 Å². The summed E-state index contributed by atoms with van der Waals surface area (Å²) in [7, 11) is -3.71. The molecule has 1 aliphatic heterocycles. The van der Waals surface area contributed by atoms with Gasteiger partial charge in [-0.1, -0.05) is 0 Å². The topological polar surface area (TPSA) is 83.8 Å². The number of aliphatic imine (C=N–C) groups is 1. The summed E-state index contributed by atoms with van der Waals surface area (Å²) in [6, 6.07) is 0. The molecule has 0 aliphatic carbocycles. The highest BCUT2D eigenvalue weighted by Crippen LogP contribution is 2.25. The first kappa shape index (κ1) is 9.18. The van der Waals surface area contributed by atoms with E-state index in [0.29, 0.717) is 0 Å². The molecule has 0 amide bonds. The lowest BCUT2D eigenvalue weighted by Crippen LogP contribution is -2.36. The van der Waals surface area contributed by atoms with Gasteiger partial charge in [0.05, 0.1) is 11.3 Å². The van der Waals surface area contributed by atoms with E-state index in [1.54, 1.807) is 0 Å². The van der Waals surface area contributed by atoms with Crippen LogP contribution in [0.2, 0.25) is 0 Å². The van der Waals surface area contributed by atoms with Crippen molar-refractivity contribution < 1.29 is 18.3 Å². The Kier molecular flexibility index (Phi) is 1.75. The van der Waals surface area contributed by atoms with Crippen molar-refractivity contribution in [3.63, 3.8) is 0 Å². The monoisotopic (exact) mass is 191 g/mol. The van der Waals surface area contributed by atoms with Crippen molar-refractivity contribution in [2.45, 2.75) is 18.6 Å². The predicted octanol–water partition coefficient (Wildman–Crippen LogP) is -0.323. The molecule has 0 saturated heterocycles. The van der Waals surface area contributed by atoms with Crippen LogP contribution in [0.3, 0.4) is 0 Å². The van der Waals surface area contributed by atoms with Crippen LogP contribution in [0, 0.1) is 0 Å². The summed E-state index contributed by atoms with van der Waals surface area (Å²) in [4.78, 5) is 13.9. The van der Waals surface area contributed by atoms with Crippen LogP contribution in [0.25, 0.3) is 0 Å². The maximum absolute atomic E-state index is 11.3. The first-order valence-corrected chi connectivity index (χ1v) is 4.80. The van der Waals surface area contributed by atoms with E-state index in [2.05, 4.69) is 4.99 Å². The molecule has 0 aromatic rings. The molecule has 0 unspecified atom stereocenters.